The summed E-state index contributed by atoms with van der Waals surface area (Å²) in [5.41, 5.74) is 18.0. The molecule has 1 spiro atoms. The van der Waals surface area contributed by atoms with Gasteiger partial charge in [0.2, 0.25) is 0 Å². The fourth-order valence-electron chi connectivity index (χ4n) is 10.8. The number of aromatic nitrogens is 6. The smallest absolute Gasteiger partial charge is 0.753 e. The number of ether oxygens (including phenoxy) is 2. The zero-order valence-corrected chi connectivity index (χ0v) is 47.7. The molecule has 2 aliphatic carbocycles. The van der Waals surface area contributed by atoms with E-state index in [4.69, 9.17) is 19.9 Å². The number of anilines is 3. The number of alkyl halides is 3. The number of benzene rings is 6. The summed E-state index contributed by atoms with van der Waals surface area (Å²) in [6, 6.07) is 63.8. The molecular formula is C68H45F3N8O4RuS. The van der Waals surface area contributed by atoms with Crippen molar-refractivity contribution >= 4 is 59.5 Å². The molecule has 0 bridgehead atoms. The molecule has 6 aromatic carbocycles. The topological polar surface area (TPSA) is 157 Å². The van der Waals surface area contributed by atoms with Crippen LogP contribution in [0.1, 0.15) is 50.2 Å². The van der Waals surface area contributed by atoms with E-state index in [2.05, 4.69) is 141 Å². The Balaban J connectivity index is 0.000000202. The summed E-state index contributed by atoms with van der Waals surface area (Å²) < 4.78 is 48.9. The summed E-state index contributed by atoms with van der Waals surface area (Å²) in [7, 11) is 0. The third-order valence-corrected chi connectivity index (χ3v) is 14.4. The van der Waals surface area contributed by atoms with Crippen molar-refractivity contribution in [2.24, 2.45) is 0 Å². The van der Waals surface area contributed by atoms with Crippen molar-refractivity contribution in [2.45, 2.75) is 25.4 Å². The third-order valence-electron chi connectivity index (χ3n) is 14.4. The van der Waals surface area contributed by atoms with E-state index in [-0.39, 0.29) is 30.9 Å². The van der Waals surface area contributed by atoms with Gasteiger partial charge in [-0.15, -0.1) is 0 Å². The number of carbonyl (C=O) groups is 2. The van der Waals surface area contributed by atoms with Crippen molar-refractivity contribution in [3.8, 4) is 67.9 Å². The Morgan fingerprint density at radius 3 is 1.54 bits per heavy atom. The summed E-state index contributed by atoms with van der Waals surface area (Å²) in [4.78, 5) is 42.1. The van der Waals surface area contributed by atoms with Crippen molar-refractivity contribution in [3.05, 3.63) is 268 Å². The van der Waals surface area contributed by atoms with Gasteiger partial charge in [-0.25, -0.2) is 4.98 Å². The van der Waals surface area contributed by atoms with E-state index in [1.54, 1.807) is 42.7 Å². The third kappa shape index (κ3) is 11.8. The molecule has 11 aromatic rings. The van der Waals surface area contributed by atoms with Gasteiger partial charge in [0.05, 0.1) is 33.9 Å². The number of carbonyl (C=O) groups excluding carboxylic acids is 2. The van der Waals surface area contributed by atoms with Gasteiger partial charge in [-0.1, -0.05) is 150 Å². The minimum Gasteiger partial charge on any atom is -0.753 e. The molecule has 0 saturated carbocycles. The molecule has 85 heavy (non-hydrogen) atoms. The molecular weight excluding hydrogens is 1180 g/mol. The Bertz CT molecular complexity index is 4230. The van der Waals surface area contributed by atoms with Gasteiger partial charge in [-0.2, -0.15) is 18.3 Å². The van der Waals surface area contributed by atoms with Crippen LogP contribution in [-0.2, 0) is 40.7 Å². The molecule has 0 unspecified atom stereocenters. The number of pyridine rings is 4. The zero-order valence-electron chi connectivity index (χ0n) is 45.1. The normalized spacial score (nSPS) is 11.9. The van der Waals surface area contributed by atoms with Gasteiger partial charge < -0.3 is 30.0 Å². The van der Waals surface area contributed by atoms with Crippen molar-refractivity contribution in [3.63, 3.8) is 0 Å². The summed E-state index contributed by atoms with van der Waals surface area (Å²) in [5.74, 6) is 0.590. The summed E-state index contributed by atoms with van der Waals surface area (Å²) >= 11 is 3.70. The van der Waals surface area contributed by atoms with Crippen molar-refractivity contribution in [1.29, 1.82) is 0 Å². The van der Waals surface area contributed by atoms with E-state index >= 15 is 0 Å². The van der Waals surface area contributed by atoms with Gasteiger partial charge in [0.15, 0.2) is 0 Å². The minimum atomic E-state index is -4.54. The van der Waals surface area contributed by atoms with Crippen LogP contribution in [0.25, 0.3) is 74.0 Å². The molecule has 0 fully saturated rings. The standard InChI is InChI=1S/C44H27N3O4.C23H18F3N4.CNS.Ru/c48-26-50-30-18-20-46-41(23-30)43-25-31(51-27-49)24-42(47-43)40-22-29(17-19-45-40)14-13-28-15-16-35-34-9-3-6-12-38(34)44(39(35)21-28)36-10-4-1-7-32(36)33-8-2-5-11-37(33)44;1-15-3-7-17(8-4-15)30(18-9-5-16(2)6-10-18)19-11-12-27-20(13-19)21-14-22(29-28-21)23(24,25)26;2-1-3;/h1-27H;3-14H,1-2H3;;/q;2*-1;+2/b14-13+;;;. The Morgan fingerprint density at radius 1 is 0.529 bits per heavy atom. The Kier molecular flexibility index (Phi) is 17.2. The van der Waals surface area contributed by atoms with Crippen molar-refractivity contribution in [2.75, 3.05) is 4.90 Å². The first kappa shape index (κ1) is 58.0. The van der Waals surface area contributed by atoms with Crippen molar-refractivity contribution in [1.82, 2.24) is 30.1 Å². The van der Waals surface area contributed by atoms with E-state index in [1.165, 1.54) is 55.9 Å². The van der Waals surface area contributed by atoms with Crippen LogP contribution in [-0.4, -0.2) is 43.1 Å². The summed E-state index contributed by atoms with van der Waals surface area (Å²) in [6.07, 6.45) is 4.43. The maximum absolute atomic E-state index is 12.9. The summed E-state index contributed by atoms with van der Waals surface area (Å²) in [6.45, 7) is 4.73. The molecule has 0 N–H and O–H groups in total. The second-order valence-electron chi connectivity index (χ2n) is 19.5. The second-order valence-corrected chi connectivity index (χ2v) is 19.7. The number of thiocarbonyl (C=S) groups is 1. The molecule has 5 heterocycles. The van der Waals surface area contributed by atoms with Crippen LogP contribution >= 0.6 is 12.2 Å². The summed E-state index contributed by atoms with van der Waals surface area (Å²) in [5, 5.41) is 15.4. The second kappa shape index (κ2) is 25.1. The van der Waals surface area contributed by atoms with E-state index in [0.29, 0.717) is 47.2 Å². The number of halogens is 3. The molecule has 0 aliphatic heterocycles. The number of rotatable bonds is 12. The average molecular weight is 1230 g/mol. The molecule has 17 heteroatoms. The first-order chi connectivity index (χ1) is 40.9. The SMILES string of the molecule is Cc1ccc(N(c2ccc(C)cc2)c2ccnc(-c3cc(C(F)(F)F)n[n-]3)c2)cc1.O=COc1ccnc(-c2cc(OC=O)cc(-c3cc(/C=C/c4ccc5c(c4)C4(c6ccccc6-c6ccccc64)c4ccccc4-5)ccn3)n2)c1.[N-]=C=S.[Ru+2]. The average Bonchev–Trinajstić information content (AvgIpc) is 1.53. The number of fused-ring (bicyclic) bond motifs is 10. The van der Waals surface area contributed by atoms with E-state index in [9.17, 15) is 22.8 Å². The first-order valence-electron chi connectivity index (χ1n) is 26.2. The number of hydrogen-bond acceptors (Lipinski definition) is 11. The fraction of sp³-hybridized carbons (Fsp3) is 0.0588. The Hall–Kier alpha value is -10.2. The number of aryl methyl sites for hydroxylation is 2. The molecule has 2 aliphatic rings. The molecule has 416 valence electrons. The van der Waals surface area contributed by atoms with Crippen LogP contribution in [0, 0.1) is 13.8 Å². The quantitative estimate of drug-likeness (QED) is 0.0494. The van der Waals surface area contributed by atoms with Crippen molar-refractivity contribution < 1.29 is 51.7 Å². The van der Waals surface area contributed by atoms with E-state index < -0.39 is 17.3 Å². The van der Waals surface area contributed by atoms with Crippen LogP contribution in [0.4, 0.5) is 30.2 Å². The molecule has 12 nitrogen and oxygen atoms in total. The Labute approximate surface area is 505 Å². The predicted molar refractivity (Wildman–Crippen MR) is 322 cm³/mol. The number of nitrogens with zero attached hydrogens (tertiary/aromatic N) is 8. The van der Waals surface area contributed by atoms with Gasteiger partial charge in [0, 0.05) is 53.9 Å². The van der Waals surface area contributed by atoms with Crippen LogP contribution in [0.15, 0.2) is 213 Å². The minimum absolute atomic E-state index is 0. The molecule has 0 atom stereocenters. The molecule has 0 amide bonds. The monoisotopic (exact) mass is 1230 g/mol. The van der Waals surface area contributed by atoms with Gasteiger partial charge in [0.1, 0.15) is 17.2 Å². The first-order valence-corrected chi connectivity index (χ1v) is 26.6. The molecule has 0 radical (unpaired) electrons. The maximum Gasteiger partial charge on any atom is 2.00 e. The van der Waals surface area contributed by atoms with Gasteiger partial charge >= 0.3 is 25.7 Å². The van der Waals surface area contributed by atoms with Crippen LogP contribution in [0.2, 0.25) is 0 Å². The van der Waals surface area contributed by atoms with Crippen LogP contribution in [0.3, 0.4) is 0 Å². The van der Waals surface area contributed by atoms with Gasteiger partial charge in [0.25, 0.3) is 12.9 Å². The maximum atomic E-state index is 12.9. The van der Waals surface area contributed by atoms with Gasteiger partial charge in [-0.05, 0) is 136 Å². The molecule has 0 saturated heterocycles. The predicted octanol–water partition coefficient (Wildman–Crippen LogP) is 15.7. The fourth-order valence-corrected chi connectivity index (χ4v) is 10.8. The molecule has 5 aromatic heterocycles. The molecule has 13 rings (SSSR count). The van der Waals surface area contributed by atoms with E-state index in [0.717, 1.165) is 45.4 Å². The zero-order chi connectivity index (χ0) is 58.4. The van der Waals surface area contributed by atoms with Crippen LogP contribution in [0.5, 0.6) is 11.5 Å². The Morgan fingerprint density at radius 2 is 1.00 bits per heavy atom. The van der Waals surface area contributed by atoms with E-state index in [1.807, 2.05) is 85.5 Å². The number of isothiocyanates is 1. The van der Waals surface area contributed by atoms with Crippen LogP contribution < -0.4 is 19.5 Å². The number of hydrogen-bond donors (Lipinski definition) is 0. The van der Waals surface area contributed by atoms with Gasteiger partial charge in [-0.3, -0.25) is 24.5 Å². The largest absolute Gasteiger partial charge is 2.00 e.